The van der Waals surface area contributed by atoms with Gasteiger partial charge in [-0.15, -0.1) is 11.3 Å². The van der Waals surface area contributed by atoms with Crippen molar-refractivity contribution in [3.63, 3.8) is 0 Å². The van der Waals surface area contributed by atoms with Gasteiger partial charge in [-0.2, -0.15) is 8.78 Å². The molecule has 0 spiro atoms. The van der Waals surface area contributed by atoms with Gasteiger partial charge in [0, 0.05) is 16.8 Å². The molecule has 0 amide bonds. The minimum absolute atomic E-state index is 0.184. The first-order valence-electron chi connectivity index (χ1n) is 5.22. The number of alkyl halides is 2. The number of hydrogen-bond acceptors (Lipinski definition) is 4. The molecule has 0 bridgehead atoms. The Morgan fingerprint density at radius 1 is 1.33 bits per heavy atom. The first-order chi connectivity index (χ1) is 8.63. The molecular weight excluding hydrogens is 276 g/mol. The van der Waals surface area contributed by atoms with Crippen LogP contribution in [0.2, 0.25) is 0 Å². The molecule has 6 heteroatoms. The SMILES string of the molecule is Cc1csc(SCc2ccc(OC(F)F)cc2)n1. The van der Waals surface area contributed by atoms with Gasteiger partial charge < -0.3 is 4.74 Å². The minimum Gasteiger partial charge on any atom is -0.435 e. The highest BCUT2D eigenvalue weighted by Gasteiger charge is 2.04. The Balaban J connectivity index is 1.90. The Kier molecular flexibility index (Phi) is 4.54. The molecule has 0 radical (unpaired) electrons. The Morgan fingerprint density at radius 2 is 2.06 bits per heavy atom. The van der Waals surface area contributed by atoms with Crippen molar-refractivity contribution >= 4 is 23.1 Å². The van der Waals surface area contributed by atoms with Crippen molar-refractivity contribution in [1.29, 1.82) is 0 Å². The standard InChI is InChI=1S/C12H11F2NOS2/c1-8-6-17-12(15-8)18-7-9-2-4-10(5-3-9)16-11(13)14/h2-6,11H,7H2,1H3. The van der Waals surface area contributed by atoms with Crippen molar-refractivity contribution in [3.8, 4) is 5.75 Å². The molecule has 0 saturated heterocycles. The van der Waals surface area contributed by atoms with Crippen LogP contribution in [0.5, 0.6) is 5.75 Å². The number of benzene rings is 1. The third-order valence-corrected chi connectivity index (χ3v) is 4.32. The van der Waals surface area contributed by atoms with E-state index in [1.807, 2.05) is 12.3 Å². The predicted molar refractivity (Wildman–Crippen MR) is 69.5 cm³/mol. The quantitative estimate of drug-likeness (QED) is 0.763. The molecule has 1 heterocycles. The summed E-state index contributed by atoms with van der Waals surface area (Å²) < 4.78 is 29.2. The molecule has 2 nitrogen and oxygen atoms in total. The fraction of sp³-hybridized carbons (Fsp3) is 0.250. The molecular formula is C12H11F2NOS2. The van der Waals surface area contributed by atoms with Crippen molar-refractivity contribution in [1.82, 2.24) is 4.98 Å². The van der Waals surface area contributed by atoms with Crippen LogP contribution >= 0.6 is 23.1 Å². The average molecular weight is 287 g/mol. The highest BCUT2D eigenvalue weighted by molar-refractivity contribution is 8.00. The average Bonchev–Trinajstić information content (AvgIpc) is 2.74. The second-order valence-corrected chi connectivity index (χ2v) is 5.65. The Bertz CT molecular complexity index is 499. The first kappa shape index (κ1) is 13.3. The van der Waals surface area contributed by atoms with Crippen molar-refractivity contribution in [3.05, 3.63) is 40.9 Å². The van der Waals surface area contributed by atoms with E-state index in [9.17, 15) is 8.78 Å². The third-order valence-electron chi connectivity index (χ3n) is 2.11. The van der Waals surface area contributed by atoms with Crippen LogP contribution in [0, 0.1) is 6.92 Å². The molecule has 1 aromatic heterocycles. The molecule has 2 aromatic rings. The van der Waals surface area contributed by atoms with Gasteiger partial charge in [0.15, 0.2) is 0 Å². The molecule has 0 saturated carbocycles. The summed E-state index contributed by atoms with van der Waals surface area (Å²) in [4.78, 5) is 4.34. The molecule has 2 rings (SSSR count). The largest absolute Gasteiger partial charge is 0.435 e. The molecule has 96 valence electrons. The molecule has 1 aromatic carbocycles. The maximum absolute atomic E-state index is 12.0. The summed E-state index contributed by atoms with van der Waals surface area (Å²) in [5.74, 6) is 0.950. The van der Waals surface area contributed by atoms with E-state index in [4.69, 9.17) is 0 Å². The van der Waals surface area contributed by atoms with E-state index in [0.717, 1.165) is 21.3 Å². The van der Waals surface area contributed by atoms with Crippen molar-refractivity contribution < 1.29 is 13.5 Å². The van der Waals surface area contributed by atoms with Crippen LogP contribution in [-0.4, -0.2) is 11.6 Å². The number of aromatic nitrogens is 1. The topological polar surface area (TPSA) is 22.1 Å². The van der Waals surface area contributed by atoms with E-state index in [2.05, 4.69) is 9.72 Å². The number of hydrogen-bond donors (Lipinski definition) is 0. The van der Waals surface area contributed by atoms with E-state index < -0.39 is 6.61 Å². The smallest absolute Gasteiger partial charge is 0.387 e. The number of thiazole rings is 1. The number of rotatable bonds is 5. The molecule has 0 atom stereocenters. The van der Waals surface area contributed by atoms with Gasteiger partial charge in [-0.05, 0) is 24.6 Å². The summed E-state index contributed by atoms with van der Waals surface area (Å²) in [7, 11) is 0. The van der Waals surface area contributed by atoms with Gasteiger partial charge in [0.1, 0.15) is 10.1 Å². The lowest BCUT2D eigenvalue weighted by Crippen LogP contribution is -2.01. The van der Waals surface area contributed by atoms with Gasteiger partial charge in [-0.1, -0.05) is 23.9 Å². The monoisotopic (exact) mass is 287 g/mol. The van der Waals surface area contributed by atoms with Crippen LogP contribution < -0.4 is 4.74 Å². The highest BCUT2D eigenvalue weighted by Crippen LogP contribution is 2.26. The van der Waals surface area contributed by atoms with E-state index in [-0.39, 0.29) is 5.75 Å². The lowest BCUT2D eigenvalue weighted by molar-refractivity contribution is -0.0498. The minimum atomic E-state index is -2.77. The van der Waals surface area contributed by atoms with Crippen molar-refractivity contribution in [2.75, 3.05) is 0 Å². The maximum Gasteiger partial charge on any atom is 0.387 e. The van der Waals surface area contributed by atoms with Crippen molar-refractivity contribution in [2.45, 2.75) is 23.6 Å². The highest BCUT2D eigenvalue weighted by atomic mass is 32.2. The molecule has 0 N–H and O–H groups in total. The Hall–Kier alpha value is -1.14. The lowest BCUT2D eigenvalue weighted by Gasteiger charge is -2.05. The van der Waals surface area contributed by atoms with Crippen LogP contribution in [0.3, 0.4) is 0 Å². The Morgan fingerprint density at radius 3 is 2.61 bits per heavy atom. The Labute approximate surface area is 112 Å². The van der Waals surface area contributed by atoms with Crippen LogP contribution in [0.1, 0.15) is 11.3 Å². The zero-order chi connectivity index (χ0) is 13.0. The fourth-order valence-corrected chi connectivity index (χ4v) is 3.12. The van der Waals surface area contributed by atoms with E-state index in [0.29, 0.717) is 0 Å². The van der Waals surface area contributed by atoms with E-state index in [1.54, 1.807) is 47.4 Å². The number of thioether (sulfide) groups is 1. The summed E-state index contributed by atoms with van der Waals surface area (Å²) >= 11 is 3.24. The van der Waals surface area contributed by atoms with Gasteiger partial charge in [-0.25, -0.2) is 4.98 Å². The number of halogens is 2. The molecule has 0 unspecified atom stereocenters. The van der Waals surface area contributed by atoms with Crippen LogP contribution in [-0.2, 0) is 5.75 Å². The third kappa shape index (κ3) is 3.96. The normalized spacial score (nSPS) is 10.9. The van der Waals surface area contributed by atoms with Crippen LogP contribution in [0.15, 0.2) is 34.0 Å². The van der Waals surface area contributed by atoms with Crippen LogP contribution in [0.4, 0.5) is 8.78 Å². The molecule has 0 aliphatic rings. The van der Waals surface area contributed by atoms with Gasteiger partial charge in [0.05, 0.1) is 0 Å². The van der Waals surface area contributed by atoms with Gasteiger partial charge >= 0.3 is 6.61 Å². The summed E-state index contributed by atoms with van der Waals surface area (Å²) in [5.41, 5.74) is 2.07. The van der Waals surface area contributed by atoms with Crippen molar-refractivity contribution in [2.24, 2.45) is 0 Å². The second kappa shape index (κ2) is 6.15. The summed E-state index contributed by atoms with van der Waals surface area (Å²) in [6.45, 7) is -0.819. The second-order valence-electron chi connectivity index (χ2n) is 3.57. The molecule has 0 fully saturated rings. The molecule has 0 aliphatic heterocycles. The van der Waals surface area contributed by atoms with E-state index in [1.165, 1.54) is 0 Å². The summed E-state index contributed by atoms with van der Waals surface area (Å²) in [5, 5.41) is 2.00. The molecule has 18 heavy (non-hydrogen) atoms. The fourth-order valence-electron chi connectivity index (χ4n) is 1.31. The van der Waals surface area contributed by atoms with Gasteiger partial charge in [0.25, 0.3) is 0 Å². The predicted octanol–water partition coefficient (Wildman–Crippen LogP) is 4.35. The zero-order valence-corrected chi connectivity index (χ0v) is 11.2. The summed E-state index contributed by atoms with van der Waals surface area (Å²) in [6.07, 6.45) is 0. The lowest BCUT2D eigenvalue weighted by atomic mass is 10.2. The van der Waals surface area contributed by atoms with Crippen LogP contribution in [0.25, 0.3) is 0 Å². The summed E-state index contributed by atoms with van der Waals surface area (Å²) in [6, 6.07) is 6.67. The number of nitrogens with zero attached hydrogens (tertiary/aromatic N) is 1. The van der Waals surface area contributed by atoms with Gasteiger partial charge in [0.2, 0.25) is 0 Å². The van der Waals surface area contributed by atoms with E-state index >= 15 is 0 Å². The maximum atomic E-state index is 12.0. The molecule has 0 aliphatic carbocycles. The van der Waals surface area contributed by atoms with Gasteiger partial charge in [-0.3, -0.25) is 0 Å². The number of aryl methyl sites for hydroxylation is 1. The number of ether oxygens (including phenoxy) is 1. The zero-order valence-electron chi connectivity index (χ0n) is 9.60. The first-order valence-corrected chi connectivity index (χ1v) is 7.08.